The monoisotopic (exact) mass is 278 g/mol. The van der Waals surface area contributed by atoms with Gasteiger partial charge in [0, 0.05) is 21.9 Å². The maximum Gasteiger partial charge on any atom is 0.156 e. The number of benzene rings is 1. The van der Waals surface area contributed by atoms with Crippen LogP contribution < -0.4 is 0 Å². The SMILES string of the molecule is N=C1SCCN1CC(O)c1cc2ccccc2s1. The molecule has 1 saturated heterocycles. The van der Waals surface area contributed by atoms with Crippen LogP contribution in [-0.4, -0.2) is 34.0 Å². The summed E-state index contributed by atoms with van der Waals surface area (Å²) in [4.78, 5) is 2.93. The maximum absolute atomic E-state index is 10.3. The van der Waals surface area contributed by atoms with Gasteiger partial charge in [-0.2, -0.15) is 0 Å². The Kier molecular flexibility index (Phi) is 3.28. The molecule has 2 aromatic rings. The molecule has 0 saturated carbocycles. The van der Waals surface area contributed by atoms with Crippen molar-refractivity contribution in [1.29, 1.82) is 5.41 Å². The van der Waals surface area contributed by atoms with E-state index < -0.39 is 6.10 Å². The lowest BCUT2D eigenvalue weighted by molar-refractivity contribution is 0.151. The second-order valence-electron chi connectivity index (χ2n) is 4.30. The van der Waals surface area contributed by atoms with Crippen LogP contribution in [0.3, 0.4) is 0 Å². The van der Waals surface area contributed by atoms with E-state index in [2.05, 4.69) is 18.2 Å². The number of β-amino-alcohol motifs (C(OH)–C–C–N with tert-alkyl or cyclic N) is 1. The fourth-order valence-electron chi connectivity index (χ4n) is 2.08. The number of amidine groups is 1. The van der Waals surface area contributed by atoms with Gasteiger partial charge in [-0.05, 0) is 17.5 Å². The first-order valence-electron chi connectivity index (χ1n) is 5.87. The number of rotatable bonds is 3. The van der Waals surface area contributed by atoms with Crippen LogP contribution in [0.25, 0.3) is 10.1 Å². The van der Waals surface area contributed by atoms with Crippen LogP contribution in [0.1, 0.15) is 11.0 Å². The summed E-state index contributed by atoms with van der Waals surface area (Å²) < 4.78 is 1.21. The van der Waals surface area contributed by atoms with Crippen LogP contribution in [0.15, 0.2) is 30.3 Å². The summed E-state index contributed by atoms with van der Waals surface area (Å²) in [7, 11) is 0. The molecule has 2 N–H and O–H groups in total. The third-order valence-electron chi connectivity index (χ3n) is 3.05. The molecule has 1 aliphatic rings. The Morgan fingerprint density at radius 2 is 2.22 bits per heavy atom. The van der Waals surface area contributed by atoms with Crippen molar-refractivity contribution in [2.24, 2.45) is 0 Å². The molecule has 18 heavy (non-hydrogen) atoms. The lowest BCUT2D eigenvalue weighted by Crippen LogP contribution is -2.28. The molecule has 94 valence electrons. The molecule has 1 aromatic carbocycles. The summed E-state index contributed by atoms with van der Waals surface area (Å²) in [5.74, 6) is 0.956. The van der Waals surface area contributed by atoms with Crippen molar-refractivity contribution in [3.8, 4) is 0 Å². The normalized spacial score (nSPS) is 17.6. The van der Waals surface area contributed by atoms with Crippen LogP contribution in [-0.2, 0) is 0 Å². The predicted molar refractivity (Wildman–Crippen MR) is 78.5 cm³/mol. The predicted octanol–water partition coefficient (Wildman–Crippen LogP) is 2.92. The second kappa shape index (κ2) is 4.91. The van der Waals surface area contributed by atoms with Crippen LogP contribution in [0.2, 0.25) is 0 Å². The zero-order valence-corrected chi connectivity index (χ0v) is 11.4. The van der Waals surface area contributed by atoms with Gasteiger partial charge < -0.3 is 10.0 Å². The molecular weight excluding hydrogens is 264 g/mol. The Hall–Kier alpha value is -1.04. The number of thiophene rings is 1. The minimum atomic E-state index is -0.499. The van der Waals surface area contributed by atoms with Gasteiger partial charge in [0.1, 0.15) is 6.10 Å². The van der Waals surface area contributed by atoms with Crippen molar-refractivity contribution < 1.29 is 5.11 Å². The highest BCUT2D eigenvalue weighted by Gasteiger charge is 2.22. The van der Waals surface area contributed by atoms with Gasteiger partial charge in [0.2, 0.25) is 0 Å². The highest BCUT2D eigenvalue weighted by atomic mass is 32.2. The van der Waals surface area contributed by atoms with Crippen molar-refractivity contribution in [2.75, 3.05) is 18.8 Å². The summed E-state index contributed by atoms with van der Waals surface area (Å²) in [6.45, 7) is 1.39. The molecular formula is C13H14N2OS2. The molecule has 1 fully saturated rings. The number of fused-ring (bicyclic) bond motifs is 1. The average molecular weight is 278 g/mol. The van der Waals surface area contributed by atoms with Crippen LogP contribution in [0, 0.1) is 5.41 Å². The van der Waals surface area contributed by atoms with Gasteiger partial charge in [0.25, 0.3) is 0 Å². The van der Waals surface area contributed by atoms with Gasteiger partial charge in [-0.1, -0.05) is 30.0 Å². The zero-order chi connectivity index (χ0) is 12.5. The van der Waals surface area contributed by atoms with E-state index in [-0.39, 0.29) is 0 Å². The van der Waals surface area contributed by atoms with Crippen molar-refractivity contribution in [2.45, 2.75) is 6.10 Å². The molecule has 0 spiro atoms. The Morgan fingerprint density at radius 1 is 1.39 bits per heavy atom. The Balaban J connectivity index is 1.79. The zero-order valence-electron chi connectivity index (χ0n) is 9.80. The topological polar surface area (TPSA) is 47.3 Å². The summed E-state index contributed by atoms with van der Waals surface area (Å²) in [6, 6.07) is 10.2. The molecule has 1 aliphatic heterocycles. The minimum Gasteiger partial charge on any atom is -0.386 e. The number of hydrogen-bond acceptors (Lipinski definition) is 4. The lowest BCUT2D eigenvalue weighted by atomic mass is 10.2. The van der Waals surface area contributed by atoms with Crippen LogP contribution >= 0.6 is 23.1 Å². The molecule has 0 radical (unpaired) electrons. The van der Waals surface area contributed by atoms with Crippen molar-refractivity contribution in [1.82, 2.24) is 4.90 Å². The molecule has 1 aromatic heterocycles. The summed E-state index contributed by atoms with van der Waals surface area (Å²) in [5, 5.41) is 19.8. The fraction of sp³-hybridized carbons (Fsp3) is 0.308. The molecule has 0 aliphatic carbocycles. The highest BCUT2D eigenvalue weighted by Crippen LogP contribution is 2.31. The number of aliphatic hydroxyl groups is 1. The quantitative estimate of drug-likeness (QED) is 0.907. The maximum atomic E-state index is 10.3. The average Bonchev–Trinajstić information content (AvgIpc) is 2.96. The van der Waals surface area contributed by atoms with Crippen LogP contribution in [0.5, 0.6) is 0 Å². The van der Waals surface area contributed by atoms with Gasteiger partial charge >= 0.3 is 0 Å². The molecule has 1 atom stereocenters. The van der Waals surface area contributed by atoms with Crippen molar-refractivity contribution >= 4 is 38.4 Å². The van der Waals surface area contributed by atoms with E-state index >= 15 is 0 Å². The van der Waals surface area contributed by atoms with E-state index in [1.807, 2.05) is 17.0 Å². The standard InChI is InChI=1S/C13H14N2OS2/c14-13-15(5-6-17-13)8-10(16)12-7-9-3-1-2-4-11(9)18-12/h1-4,7,10,14,16H,5-6,8H2. The third kappa shape index (κ3) is 2.25. The molecule has 3 nitrogen and oxygen atoms in total. The molecule has 2 heterocycles. The van der Waals surface area contributed by atoms with Crippen molar-refractivity contribution in [3.05, 3.63) is 35.2 Å². The van der Waals surface area contributed by atoms with Gasteiger partial charge in [-0.3, -0.25) is 5.41 Å². The molecule has 0 amide bonds. The molecule has 1 unspecified atom stereocenters. The summed E-state index contributed by atoms with van der Waals surface area (Å²) in [6.07, 6.45) is -0.499. The molecule has 3 rings (SSSR count). The number of thioether (sulfide) groups is 1. The first kappa shape index (κ1) is 12.0. The molecule has 0 bridgehead atoms. The Labute approximate surface area is 114 Å². The first-order chi connectivity index (χ1) is 8.74. The number of nitrogens with one attached hydrogen (secondary N) is 1. The second-order valence-corrected chi connectivity index (χ2v) is 6.50. The first-order valence-corrected chi connectivity index (χ1v) is 7.67. The highest BCUT2D eigenvalue weighted by molar-refractivity contribution is 8.14. The number of hydrogen-bond donors (Lipinski definition) is 2. The fourth-order valence-corrected chi connectivity index (χ4v) is 3.98. The number of nitrogens with zero attached hydrogens (tertiary/aromatic N) is 1. The van der Waals surface area contributed by atoms with Crippen LogP contribution in [0.4, 0.5) is 0 Å². The lowest BCUT2D eigenvalue weighted by Gasteiger charge is -2.19. The van der Waals surface area contributed by atoms with Gasteiger partial charge in [-0.25, -0.2) is 0 Å². The van der Waals surface area contributed by atoms with E-state index in [0.717, 1.165) is 17.2 Å². The van der Waals surface area contributed by atoms with E-state index in [4.69, 9.17) is 5.41 Å². The Morgan fingerprint density at radius 3 is 2.94 bits per heavy atom. The largest absolute Gasteiger partial charge is 0.386 e. The van der Waals surface area contributed by atoms with Gasteiger partial charge in [-0.15, -0.1) is 11.3 Å². The van der Waals surface area contributed by atoms with E-state index in [0.29, 0.717) is 11.7 Å². The summed E-state index contributed by atoms with van der Waals surface area (Å²) in [5.41, 5.74) is 0. The summed E-state index contributed by atoms with van der Waals surface area (Å²) >= 11 is 3.19. The number of aliphatic hydroxyl groups excluding tert-OH is 1. The van der Waals surface area contributed by atoms with E-state index in [1.165, 1.54) is 10.1 Å². The van der Waals surface area contributed by atoms with E-state index in [9.17, 15) is 5.11 Å². The van der Waals surface area contributed by atoms with Gasteiger partial charge in [0.15, 0.2) is 5.17 Å². The third-order valence-corrected chi connectivity index (χ3v) is 5.19. The van der Waals surface area contributed by atoms with Gasteiger partial charge in [0.05, 0.1) is 6.54 Å². The van der Waals surface area contributed by atoms with Crippen molar-refractivity contribution in [3.63, 3.8) is 0 Å². The smallest absolute Gasteiger partial charge is 0.156 e. The molecule has 5 heteroatoms. The van der Waals surface area contributed by atoms with E-state index in [1.54, 1.807) is 23.1 Å². The Bertz CT molecular complexity index is 548. The minimum absolute atomic E-state index is 0.499.